The number of nitrogens with zero attached hydrogens (tertiary/aromatic N) is 1. The van der Waals surface area contributed by atoms with E-state index in [1.54, 1.807) is 0 Å². The molecule has 0 atom stereocenters. The van der Waals surface area contributed by atoms with Crippen molar-refractivity contribution in [3.05, 3.63) is 0 Å². The van der Waals surface area contributed by atoms with Gasteiger partial charge in [-0.1, -0.05) is 0 Å². The van der Waals surface area contributed by atoms with E-state index in [4.69, 9.17) is 11.5 Å². The Morgan fingerprint density at radius 1 is 1.44 bits per heavy atom. The van der Waals surface area contributed by atoms with Crippen molar-refractivity contribution in [2.45, 2.75) is 0 Å². The second kappa shape index (κ2) is 3.50. The van der Waals surface area contributed by atoms with Gasteiger partial charge in [0, 0.05) is 0 Å². The van der Waals surface area contributed by atoms with Crippen LogP contribution in [0.3, 0.4) is 0 Å². The van der Waals surface area contributed by atoms with Gasteiger partial charge >= 0.3 is 6.16 Å². The molecule has 0 aromatic carbocycles. The molecular weight excluding hydrogens is 128 g/mol. The summed E-state index contributed by atoms with van der Waals surface area (Å²) < 4.78 is 0. The zero-order chi connectivity index (χ0) is 7.28. The first-order chi connectivity index (χ1) is 4.16. The van der Waals surface area contributed by atoms with Gasteiger partial charge < -0.3 is 16.3 Å². The highest BCUT2D eigenvalue weighted by Gasteiger charge is 1.97. The maximum atomic E-state index is 9.93. The standard InChI is InChI=1S/C2H6N4O3/c3-1(4)6-9-2(7)8-5/h5H2,(H4,3,4,6). The average Bonchev–Trinajstić information content (AvgIpc) is 1.83. The maximum absolute atomic E-state index is 9.93. The summed E-state index contributed by atoms with van der Waals surface area (Å²) >= 11 is 0. The molecule has 0 rings (SSSR count). The van der Waals surface area contributed by atoms with Crippen LogP contribution < -0.4 is 17.4 Å². The number of hydrogen-bond acceptors (Lipinski definition) is 5. The minimum Gasteiger partial charge on any atom is -0.367 e. The minimum absolute atomic E-state index is 0.389. The lowest BCUT2D eigenvalue weighted by Gasteiger charge is -1.91. The minimum atomic E-state index is -1.18. The lowest BCUT2D eigenvalue weighted by atomic mass is 11.1. The molecule has 6 N–H and O–H groups in total. The van der Waals surface area contributed by atoms with E-state index in [1.165, 1.54) is 0 Å². The molecule has 0 radical (unpaired) electrons. The Hall–Kier alpha value is -1.50. The number of oxime groups is 1. The van der Waals surface area contributed by atoms with Gasteiger partial charge in [0.1, 0.15) is 0 Å². The largest absolute Gasteiger partial charge is 0.554 e. The first-order valence-electron chi connectivity index (χ1n) is 1.83. The number of rotatable bonds is 1. The predicted octanol–water partition coefficient (Wildman–Crippen LogP) is -1.80. The van der Waals surface area contributed by atoms with Crippen molar-refractivity contribution in [1.82, 2.24) is 0 Å². The summed E-state index contributed by atoms with van der Waals surface area (Å²) in [5.41, 5.74) is 9.50. The molecule has 0 aromatic heterocycles. The first-order valence-corrected chi connectivity index (χ1v) is 1.83. The molecule has 0 spiro atoms. The molecule has 0 amide bonds. The third kappa shape index (κ3) is 4.35. The van der Waals surface area contributed by atoms with Gasteiger partial charge in [-0.15, -0.1) is 0 Å². The summed E-state index contributed by atoms with van der Waals surface area (Å²) in [5, 5.41) is 2.81. The monoisotopic (exact) mass is 134 g/mol. The Bertz CT molecular complexity index is 128. The first kappa shape index (κ1) is 7.50. The van der Waals surface area contributed by atoms with E-state index in [0.717, 1.165) is 0 Å². The molecule has 0 aromatic rings. The van der Waals surface area contributed by atoms with Crippen molar-refractivity contribution in [1.29, 1.82) is 0 Å². The average molecular weight is 134 g/mol. The van der Waals surface area contributed by atoms with Crippen LogP contribution in [-0.4, -0.2) is 12.1 Å². The van der Waals surface area contributed by atoms with Crippen molar-refractivity contribution in [2.75, 3.05) is 0 Å². The predicted molar refractivity (Wildman–Crippen MR) is 27.6 cm³/mol. The fourth-order valence-electron chi connectivity index (χ4n) is 0.111. The van der Waals surface area contributed by atoms with Crippen LogP contribution in [0.1, 0.15) is 0 Å². The molecule has 52 valence electrons. The summed E-state index contributed by atoms with van der Waals surface area (Å²) in [6.45, 7) is 0. The summed E-state index contributed by atoms with van der Waals surface area (Å²) in [5.74, 6) is 3.94. The van der Waals surface area contributed by atoms with Crippen molar-refractivity contribution < 1.29 is 14.5 Å². The summed E-state index contributed by atoms with van der Waals surface area (Å²) in [6.07, 6.45) is -1.18. The smallest absolute Gasteiger partial charge is 0.367 e. The van der Waals surface area contributed by atoms with Gasteiger partial charge in [-0.3, -0.25) is 4.84 Å². The molecule has 7 heteroatoms. The summed E-state index contributed by atoms with van der Waals surface area (Å²) in [4.78, 5) is 17.3. The summed E-state index contributed by atoms with van der Waals surface area (Å²) in [7, 11) is 0. The highest BCUT2D eigenvalue weighted by atomic mass is 16.8. The van der Waals surface area contributed by atoms with Crippen molar-refractivity contribution >= 4 is 12.1 Å². The van der Waals surface area contributed by atoms with E-state index < -0.39 is 6.16 Å². The topological polar surface area (TPSA) is 126 Å². The van der Waals surface area contributed by atoms with Crippen LogP contribution in [0.4, 0.5) is 4.79 Å². The zero-order valence-electron chi connectivity index (χ0n) is 4.40. The molecular formula is C2H6N4O3. The van der Waals surface area contributed by atoms with Crippen molar-refractivity contribution in [2.24, 2.45) is 22.5 Å². The molecule has 0 unspecified atom stereocenters. The Morgan fingerprint density at radius 3 is 2.33 bits per heavy atom. The Morgan fingerprint density at radius 2 is 2.00 bits per heavy atom. The SMILES string of the molecule is NOC(=O)ON=C(N)N. The lowest BCUT2D eigenvalue weighted by molar-refractivity contribution is 0.0571. The number of carbonyl (C=O) groups excluding carboxylic acids is 1. The van der Waals surface area contributed by atoms with Crippen LogP contribution in [0, 0.1) is 0 Å². The van der Waals surface area contributed by atoms with Crippen LogP contribution >= 0.6 is 0 Å². The van der Waals surface area contributed by atoms with Crippen LogP contribution in [0.5, 0.6) is 0 Å². The van der Waals surface area contributed by atoms with Gasteiger partial charge in [-0.2, -0.15) is 10.7 Å². The fourth-order valence-corrected chi connectivity index (χ4v) is 0.111. The second-order valence-corrected chi connectivity index (χ2v) is 0.975. The van der Waals surface area contributed by atoms with Crippen LogP contribution in [0.15, 0.2) is 5.16 Å². The number of guanidine groups is 1. The van der Waals surface area contributed by atoms with Gasteiger partial charge in [0.05, 0.1) is 0 Å². The van der Waals surface area contributed by atoms with E-state index >= 15 is 0 Å². The Balaban J connectivity index is 3.50. The zero-order valence-corrected chi connectivity index (χ0v) is 4.40. The highest BCUT2D eigenvalue weighted by Crippen LogP contribution is 1.77. The lowest BCUT2D eigenvalue weighted by Crippen LogP contribution is -2.24. The normalized spacial score (nSPS) is 7.67. The van der Waals surface area contributed by atoms with Crippen LogP contribution in [0.25, 0.3) is 0 Å². The molecule has 0 aliphatic carbocycles. The molecule has 0 bridgehead atoms. The molecule has 0 saturated carbocycles. The number of hydrogen-bond donors (Lipinski definition) is 3. The molecule has 7 nitrogen and oxygen atoms in total. The van der Waals surface area contributed by atoms with E-state index in [0.29, 0.717) is 0 Å². The Labute approximate surface area is 50.3 Å². The highest BCUT2D eigenvalue weighted by molar-refractivity contribution is 5.75. The molecule has 0 heterocycles. The van der Waals surface area contributed by atoms with E-state index in [2.05, 4.69) is 20.7 Å². The van der Waals surface area contributed by atoms with E-state index in [-0.39, 0.29) is 5.96 Å². The second-order valence-electron chi connectivity index (χ2n) is 0.975. The van der Waals surface area contributed by atoms with Crippen LogP contribution in [-0.2, 0) is 9.68 Å². The third-order valence-corrected chi connectivity index (χ3v) is 0.322. The van der Waals surface area contributed by atoms with Crippen molar-refractivity contribution in [3.8, 4) is 0 Å². The maximum Gasteiger partial charge on any atom is 0.554 e. The molecule has 0 fully saturated rings. The Kier molecular flexibility index (Phi) is 2.91. The van der Waals surface area contributed by atoms with Crippen LogP contribution in [0.2, 0.25) is 0 Å². The van der Waals surface area contributed by atoms with Crippen molar-refractivity contribution in [3.63, 3.8) is 0 Å². The quantitative estimate of drug-likeness (QED) is 0.168. The van der Waals surface area contributed by atoms with Gasteiger partial charge in [-0.05, 0) is 5.16 Å². The molecule has 9 heavy (non-hydrogen) atoms. The molecule has 0 aliphatic rings. The van der Waals surface area contributed by atoms with Gasteiger partial charge in [0.15, 0.2) is 0 Å². The third-order valence-electron chi connectivity index (χ3n) is 0.322. The van der Waals surface area contributed by atoms with Gasteiger partial charge in [0.25, 0.3) is 0 Å². The summed E-state index contributed by atoms with van der Waals surface area (Å²) in [6, 6.07) is 0. The van der Waals surface area contributed by atoms with E-state index in [9.17, 15) is 4.79 Å². The van der Waals surface area contributed by atoms with E-state index in [1.807, 2.05) is 0 Å². The van der Waals surface area contributed by atoms with Gasteiger partial charge in [-0.25, -0.2) is 0 Å². The molecule has 0 saturated heterocycles. The fraction of sp³-hybridized carbons (Fsp3) is 0. The number of nitrogens with two attached hydrogens (primary N) is 3. The molecule has 0 aliphatic heterocycles. The van der Waals surface area contributed by atoms with Gasteiger partial charge in [0.2, 0.25) is 5.96 Å². The number of carbonyl (C=O) groups is 1.